The van der Waals surface area contributed by atoms with E-state index in [4.69, 9.17) is 8.83 Å². The van der Waals surface area contributed by atoms with Crippen LogP contribution in [0.5, 0.6) is 0 Å². The fourth-order valence-corrected chi connectivity index (χ4v) is 10.0. The molecule has 0 atom stereocenters. The quantitative estimate of drug-likeness (QED) is 0.165. The molecular weight excluding hydrogens is 779 g/mol. The first-order valence-electron chi connectivity index (χ1n) is 22.8. The van der Waals surface area contributed by atoms with E-state index < -0.39 is 0 Å². The average molecular weight is 835 g/mol. The van der Waals surface area contributed by atoms with Gasteiger partial charge in [-0.3, -0.25) is 0 Å². The summed E-state index contributed by atoms with van der Waals surface area (Å²) in [6.07, 6.45) is 0. The Labute approximate surface area is 378 Å². The molecule has 0 spiro atoms. The number of hydrogen-bond donors (Lipinski definition) is 0. The molecule has 0 N–H and O–H groups in total. The maximum absolute atomic E-state index is 6.63. The second-order valence-electron chi connectivity index (χ2n) is 21.2. The summed E-state index contributed by atoms with van der Waals surface area (Å²) in [5.74, 6) is 1.64. The largest absolute Gasteiger partial charge is 0.456 e. The normalized spacial score (nSPS) is 13.7. The lowest BCUT2D eigenvalue weighted by molar-refractivity contribution is 0.590. The Morgan fingerprint density at radius 2 is 0.844 bits per heavy atom. The van der Waals surface area contributed by atoms with Gasteiger partial charge in [-0.25, -0.2) is 0 Å². The first-order valence-corrected chi connectivity index (χ1v) is 22.8. The minimum Gasteiger partial charge on any atom is -0.456 e. The van der Waals surface area contributed by atoms with Crippen LogP contribution in [0.3, 0.4) is 0 Å². The van der Waals surface area contributed by atoms with Crippen molar-refractivity contribution in [3.63, 3.8) is 0 Å². The van der Waals surface area contributed by atoms with Gasteiger partial charge in [0.25, 0.3) is 6.71 Å². The van der Waals surface area contributed by atoms with E-state index in [-0.39, 0.29) is 23.0 Å². The Morgan fingerprint density at radius 1 is 0.406 bits per heavy atom. The van der Waals surface area contributed by atoms with Gasteiger partial charge >= 0.3 is 0 Å². The van der Waals surface area contributed by atoms with Gasteiger partial charge < -0.3 is 18.6 Å². The minimum absolute atomic E-state index is 0.00468. The summed E-state index contributed by atoms with van der Waals surface area (Å²) in [4.78, 5) is 5.04. The summed E-state index contributed by atoms with van der Waals surface area (Å²) in [5, 5.41) is 2.15. The summed E-state index contributed by atoms with van der Waals surface area (Å²) in [6.45, 7) is 23.0. The van der Waals surface area contributed by atoms with E-state index in [1.54, 1.807) is 0 Å². The van der Waals surface area contributed by atoms with Gasteiger partial charge in [-0.2, -0.15) is 0 Å². The third kappa shape index (κ3) is 6.59. The van der Waals surface area contributed by atoms with Gasteiger partial charge in [-0.1, -0.05) is 135 Å². The van der Waals surface area contributed by atoms with Crippen molar-refractivity contribution >= 4 is 79.2 Å². The third-order valence-electron chi connectivity index (χ3n) is 13.5. The molecule has 316 valence electrons. The van der Waals surface area contributed by atoms with Crippen LogP contribution in [-0.4, -0.2) is 6.71 Å². The zero-order chi connectivity index (χ0) is 44.4. The predicted octanol–water partition coefficient (Wildman–Crippen LogP) is 14.8. The predicted molar refractivity (Wildman–Crippen MR) is 272 cm³/mol. The number of benzene rings is 7. The molecule has 9 aromatic rings. The molecule has 7 aromatic carbocycles. The van der Waals surface area contributed by atoms with Crippen molar-refractivity contribution in [2.45, 2.75) is 85.5 Å². The monoisotopic (exact) mass is 834 g/mol. The first-order chi connectivity index (χ1) is 30.5. The van der Waals surface area contributed by atoms with Crippen molar-refractivity contribution in [3.05, 3.63) is 174 Å². The van der Waals surface area contributed by atoms with Crippen LogP contribution in [0.4, 0.5) is 34.1 Å². The van der Waals surface area contributed by atoms with Crippen LogP contribution in [0.25, 0.3) is 44.6 Å². The Hall–Kier alpha value is -6.72. The van der Waals surface area contributed by atoms with Crippen molar-refractivity contribution in [2.24, 2.45) is 0 Å². The molecule has 2 aliphatic rings. The highest BCUT2D eigenvalue weighted by atomic mass is 16.3. The highest BCUT2D eigenvalue weighted by Gasteiger charge is 2.44. The maximum atomic E-state index is 6.63. The molecule has 0 amide bonds. The number of aryl methyl sites for hydroxylation is 1. The van der Waals surface area contributed by atoms with E-state index in [9.17, 15) is 0 Å². The van der Waals surface area contributed by atoms with Gasteiger partial charge in [0.15, 0.2) is 0 Å². The van der Waals surface area contributed by atoms with Crippen molar-refractivity contribution < 1.29 is 8.83 Å². The molecule has 4 heterocycles. The van der Waals surface area contributed by atoms with Gasteiger partial charge in [-0.05, 0) is 141 Å². The Morgan fingerprint density at radius 3 is 1.30 bits per heavy atom. The summed E-state index contributed by atoms with van der Waals surface area (Å²) in [7, 11) is 0. The highest BCUT2D eigenvalue weighted by Crippen LogP contribution is 2.48. The molecule has 2 aliphatic heterocycles. The molecule has 0 bridgehead atoms. The lowest BCUT2D eigenvalue weighted by Crippen LogP contribution is -2.61. The summed E-state index contributed by atoms with van der Waals surface area (Å²) in [5.41, 5.74) is 19.7. The van der Waals surface area contributed by atoms with Gasteiger partial charge in [0.05, 0.1) is 0 Å². The van der Waals surface area contributed by atoms with E-state index in [2.05, 4.69) is 206 Å². The molecule has 5 heteroatoms. The number of para-hydroxylation sites is 2. The average Bonchev–Trinajstić information content (AvgIpc) is 3.90. The lowest BCUT2D eigenvalue weighted by atomic mass is 9.33. The van der Waals surface area contributed by atoms with Crippen LogP contribution in [0.15, 0.2) is 160 Å². The number of fused-ring (bicyclic) bond motifs is 6. The maximum Gasteiger partial charge on any atom is 0.252 e. The zero-order valence-electron chi connectivity index (χ0n) is 38.7. The van der Waals surface area contributed by atoms with E-state index in [1.807, 2.05) is 24.3 Å². The van der Waals surface area contributed by atoms with Crippen LogP contribution in [-0.2, 0) is 16.2 Å². The summed E-state index contributed by atoms with van der Waals surface area (Å²) < 4.78 is 13.3. The highest BCUT2D eigenvalue weighted by molar-refractivity contribution is 7.00. The number of furan rings is 2. The number of hydrogen-bond acceptors (Lipinski definition) is 4. The number of rotatable bonds is 4. The molecule has 4 nitrogen and oxygen atoms in total. The molecule has 0 radical (unpaired) electrons. The number of nitrogens with zero attached hydrogens (tertiary/aromatic N) is 2. The second-order valence-corrected chi connectivity index (χ2v) is 21.2. The fourth-order valence-electron chi connectivity index (χ4n) is 10.0. The zero-order valence-corrected chi connectivity index (χ0v) is 38.7. The van der Waals surface area contributed by atoms with E-state index >= 15 is 0 Å². The van der Waals surface area contributed by atoms with E-state index in [0.717, 1.165) is 56.0 Å². The topological polar surface area (TPSA) is 32.8 Å². The van der Waals surface area contributed by atoms with E-state index in [1.165, 1.54) is 61.4 Å². The van der Waals surface area contributed by atoms with Crippen LogP contribution < -0.4 is 26.2 Å². The summed E-state index contributed by atoms with van der Waals surface area (Å²) in [6, 6.07) is 56.2. The summed E-state index contributed by atoms with van der Waals surface area (Å²) >= 11 is 0. The molecule has 0 saturated heterocycles. The van der Waals surface area contributed by atoms with Gasteiger partial charge in [0.2, 0.25) is 0 Å². The Balaban J connectivity index is 1.22. The lowest BCUT2D eigenvalue weighted by Gasteiger charge is -2.45. The molecule has 0 saturated carbocycles. The van der Waals surface area contributed by atoms with Crippen molar-refractivity contribution in [1.29, 1.82) is 0 Å². The molecule has 2 aromatic heterocycles. The van der Waals surface area contributed by atoms with Gasteiger partial charge in [0.1, 0.15) is 22.7 Å². The second kappa shape index (κ2) is 14.1. The SMILES string of the molecule is Cc1cc2c3c(c1)N(c1cc(-c4cc5ccccc5o4)cc(-c4cc5ccccc5o4)c1)c1ccc(C(C)(C)C)cc1B3c1cc(C(C)(C)C)ccc1N2c1ccc(C(C)(C)C)cc1. The molecule has 64 heavy (non-hydrogen) atoms. The molecule has 0 unspecified atom stereocenters. The fraction of sp³-hybridized carbons (Fsp3) is 0.220. The Kier molecular flexibility index (Phi) is 8.86. The van der Waals surface area contributed by atoms with Gasteiger partial charge in [0, 0.05) is 56.0 Å². The molecule has 0 aliphatic carbocycles. The standard InChI is InChI=1S/C59H55BN2O2/c1-36-27-50-56-51(28-36)62(45-30-39(54-32-37-15-11-13-17-52(37)63-54)29-40(31-45)55-33-38-16-12-14-18-53(38)64-55)49-26-22-43(59(8,9)10)35-47(49)60(56)46-34-42(58(5,6)7)21-25-48(46)61(50)44-23-19-41(20-24-44)57(2,3)4/h11-35H,1-10H3. The molecule has 11 rings (SSSR count). The van der Waals surface area contributed by atoms with Crippen LogP contribution in [0.2, 0.25) is 0 Å². The Bertz CT molecular complexity index is 3150. The van der Waals surface area contributed by atoms with Gasteiger partial charge in [-0.15, -0.1) is 0 Å². The van der Waals surface area contributed by atoms with Crippen LogP contribution >= 0.6 is 0 Å². The van der Waals surface area contributed by atoms with Crippen LogP contribution in [0.1, 0.15) is 84.6 Å². The molecular formula is C59H55BN2O2. The first kappa shape index (κ1) is 40.1. The van der Waals surface area contributed by atoms with Crippen molar-refractivity contribution in [3.8, 4) is 22.6 Å². The smallest absolute Gasteiger partial charge is 0.252 e. The minimum atomic E-state index is -0.0580. The van der Waals surface area contributed by atoms with Crippen LogP contribution in [0, 0.1) is 6.92 Å². The molecule has 0 fully saturated rings. The number of anilines is 6. The van der Waals surface area contributed by atoms with Crippen molar-refractivity contribution in [1.82, 2.24) is 0 Å². The van der Waals surface area contributed by atoms with Crippen molar-refractivity contribution in [2.75, 3.05) is 9.80 Å². The third-order valence-corrected chi connectivity index (χ3v) is 13.5. The van der Waals surface area contributed by atoms with E-state index in [0.29, 0.717) is 0 Å².